The maximum absolute atomic E-state index is 12.2. The molecule has 0 spiro atoms. The molecular weight excluding hydrogens is 298 g/mol. The summed E-state index contributed by atoms with van der Waals surface area (Å²) in [6.07, 6.45) is 0.566. The molecule has 0 saturated carbocycles. The van der Waals surface area contributed by atoms with Gasteiger partial charge in [-0.05, 0) is 31.5 Å². The lowest BCUT2D eigenvalue weighted by Crippen LogP contribution is -2.16. The summed E-state index contributed by atoms with van der Waals surface area (Å²) in [4.78, 5) is 0.433. The van der Waals surface area contributed by atoms with Gasteiger partial charge in [-0.15, -0.1) is 0 Å². The molecule has 1 rings (SSSR count). The fourth-order valence-electron chi connectivity index (χ4n) is 1.69. The van der Waals surface area contributed by atoms with E-state index >= 15 is 0 Å². The molecule has 0 heterocycles. The van der Waals surface area contributed by atoms with Gasteiger partial charge in [-0.1, -0.05) is 6.92 Å². The Hall–Kier alpha value is -1.08. The fraction of sp³-hybridized carbons (Fsp3) is 0.538. The molecule has 0 fully saturated rings. The van der Waals surface area contributed by atoms with Gasteiger partial charge in [0.15, 0.2) is 9.84 Å². The van der Waals surface area contributed by atoms with E-state index in [2.05, 4.69) is 0 Å². The van der Waals surface area contributed by atoms with Crippen LogP contribution in [0.4, 0.5) is 5.69 Å². The lowest BCUT2D eigenvalue weighted by molar-refractivity contribution is 0.339. The molecule has 0 amide bonds. The van der Waals surface area contributed by atoms with Crippen LogP contribution in [0.5, 0.6) is 5.75 Å². The summed E-state index contributed by atoms with van der Waals surface area (Å²) in [5.41, 5.74) is 6.18. The monoisotopic (exact) mass is 319 g/mol. The van der Waals surface area contributed by atoms with Crippen LogP contribution in [0, 0.1) is 0 Å². The molecule has 0 aliphatic heterocycles. The fourth-order valence-corrected chi connectivity index (χ4v) is 4.94. The van der Waals surface area contributed by atoms with Crippen LogP contribution in [0.2, 0.25) is 0 Å². The summed E-state index contributed by atoms with van der Waals surface area (Å²) in [5.74, 6) is 0.675. The molecule has 2 N–H and O–H groups in total. The van der Waals surface area contributed by atoms with Crippen molar-refractivity contribution in [3.05, 3.63) is 18.2 Å². The van der Waals surface area contributed by atoms with Crippen LogP contribution in [0.3, 0.4) is 0 Å². The standard InChI is InChI=1S/C13H21NO4S2/c1-3-8-20(16,17)9-7-19(15)13-10-11(18-4-2)5-6-12(13)14/h5-6,10H,3-4,7-9,14H2,1-2H3. The van der Waals surface area contributed by atoms with Crippen molar-refractivity contribution in [1.29, 1.82) is 0 Å². The SMILES string of the molecule is CCCS(=O)(=O)CCS(=O)c1cc(OCC)ccc1N. The van der Waals surface area contributed by atoms with E-state index in [1.165, 1.54) is 0 Å². The minimum Gasteiger partial charge on any atom is -0.494 e. The Labute approximate surface area is 122 Å². The Balaban J connectivity index is 2.79. The summed E-state index contributed by atoms with van der Waals surface area (Å²) < 4.78 is 40.8. The molecule has 1 unspecified atom stereocenters. The number of rotatable bonds is 8. The lowest BCUT2D eigenvalue weighted by Gasteiger charge is -2.09. The van der Waals surface area contributed by atoms with Crippen LogP contribution in [-0.2, 0) is 20.6 Å². The van der Waals surface area contributed by atoms with Gasteiger partial charge in [0.1, 0.15) is 5.75 Å². The topological polar surface area (TPSA) is 86.5 Å². The zero-order chi connectivity index (χ0) is 15.2. The van der Waals surface area contributed by atoms with Crippen molar-refractivity contribution in [3.63, 3.8) is 0 Å². The van der Waals surface area contributed by atoms with Gasteiger partial charge in [0.05, 0.1) is 28.1 Å². The van der Waals surface area contributed by atoms with Gasteiger partial charge >= 0.3 is 0 Å². The molecular formula is C13H21NO4S2. The number of anilines is 1. The number of benzene rings is 1. The van der Waals surface area contributed by atoms with Crippen LogP contribution >= 0.6 is 0 Å². The second-order valence-corrected chi connectivity index (χ2v) is 8.18. The van der Waals surface area contributed by atoms with Gasteiger partial charge in [0, 0.05) is 17.2 Å². The van der Waals surface area contributed by atoms with Crippen molar-refractivity contribution in [2.24, 2.45) is 0 Å². The van der Waals surface area contributed by atoms with Crippen LogP contribution in [0.25, 0.3) is 0 Å². The largest absolute Gasteiger partial charge is 0.494 e. The molecule has 0 bridgehead atoms. The van der Waals surface area contributed by atoms with Gasteiger partial charge in [0.2, 0.25) is 0 Å². The zero-order valence-corrected chi connectivity index (χ0v) is 13.4. The van der Waals surface area contributed by atoms with Crippen molar-refractivity contribution >= 4 is 26.3 Å². The third kappa shape index (κ3) is 5.13. The highest BCUT2D eigenvalue weighted by molar-refractivity contribution is 7.93. The molecule has 7 heteroatoms. The highest BCUT2D eigenvalue weighted by Gasteiger charge is 2.15. The van der Waals surface area contributed by atoms with Crippen molar-refractivity contribution in [3.8, 4) is 5.75 Å². The maximum Gasteiger partial charge on any atom is 0.151 e. The van der Waals surface area contributed by atoms with Crippen LogP contribution < -0.4 is 10.5 Å². The average Bonchev–Trinajstić information content (AvgIpc) is 2.38. The third-order valence-electron chi connectivity index (χ3n) is 2.64. The Kier molecular flexibility index (Phi) is 6.48. The smallest absolute Gasteiger partial charge is 0.151 e. The summed E-state index contributed by atoms with van der Waals surface area (Å²) in [7, 11) is -4.58. The van der Waals surface area contributed by atoms with Gasteiger partial charge in [-0.3, -0.25) is 4.21 Å². The Morgan fingerprint density at radius 3 is 2.55 bits per heavy atom. The predicted octanol–water partition coefficient (Wildman–Crippen LogP) is 1.60. The molecule has 114 valence electrons. The van der Waals surface area contributed by atoms with E-state index < -0.39 is 20.6 Å². The molecule has 0 aliphatic rings. The molecule has 5 nitrogen and oxygen atoms in total. The van der Waals surface area contributed by atoms with Gasteiger partial charge in [-0.25, -0.2) is 8.42 Å². The summed E-state index contributed by atoms with van der Waals surface area (Å²) in [6.45, 7) is 4.16. The van der Waals surface area contributed by atoms with Crippen molar-refractivity contribution in [2.75, 3.05) is 29.6 Å². The minimum absolute atomic E-state index is 0.0577. The number of nitrogens with two attached hydrogens (primary N) is 1. The zero-order valence-electron chi connectivity index (χ0n) is 11.8. The number of nitrogen functional groups attached to an aromatic ring is 1. The van der Waals surface area contributed by atoms with E-state index in [0.717, 1.165) is 0 Å². The third-order valence-corrected chi connectivity index (χ3v) is 6.17. The minimum atomic E-state index is -3.13. The average molecular weight is 319 g/mol. The lowest BCUT2D eigenvalue weighted by atomic mass is 10.3. The number of hydrogen-bond acceptors (Lipinski definition) is 5. The molecule has 0 saturated heterocycles. The highest BCUT2D eigenvalue weighted by atomic mass is 32.2. The first-order valence-corrected chi connectivity index (χ1v) is 9.64. The summed E-state index contributed by atoms with van der Waals surface area (Å²) >= 11 is 0. The first-order valence-electron chi connectivity index (χ1n) is 6.50. The van der Waals surface area contributed by atoms with E-state index in [4.69, 9.17) is 10.5 Å². The normalized spacial score (nSPS) is 13.1. The quantitative estimate of drug-likeness (QED) is 0.736. The number of sulfone groups is 1. The van der Waals surface area contributed by atoms with E-state index in [1.807, 2.05) is 6.92 Å². The Bertz CT molecular complexity index is 570. The molecule has 1 aromatic carbocycles. The second-order valence-electron chi connectivity index (χ2n) is 4.33. The van der Waals surface area contributed by atoms with E-state index in [-0.39, 0.29) is 17.3 Å². The molecule has 0 radical (unpaired) electrons. The Morgan fingerprint density at radius 1 is 1.25 bits per heavy atom. The van der Waals surface area contributed by atoms with E-state index in [0.29, 0.717) is 29.4 Å². The molecule has 1 aromatic rings. The summed E-state index contributed by atoms with van der Waals surface area (Å²) in [5, 5.41) is 0. The first-order chi connectivity index (χ1) is 9.39. The number of hydrogen-bond donors (Lipinski definition) is 1. The Morgan fingerprint density at radius 2 is 1.95 bits per heavy atom. The first kappa shape index (κ1) is 17.0. The van der Waals surface area contributed by atoms with Gasteiger partial charge in [-0.2, -0.15) is 0 Å². The van der Waals surface area contributed by atoms with Crippen molar-refractivity contribution in [2.45, 2.75) is 25.2 Å². The van der Waals surface area contributed by atoms with Gasteiger partial charge < -0.3 is 10.5 Å². The van der Waals surface area contributed by atoms with Crippen LogP contribution in [0.1, 0.15) is 20.3 Å². The molecule has 0 aliphatic carbocycles. The summed E-state index contributed by atoms with van der Waals surface area (Å²) in [6, 6.07) is 4.94. The van der Waals surface area contributed by atoms with Crippen LogP contribution in [0.15, 0.2) is 23.1 Å². The predicted molar refractivity (Wildman–Crippen MR) is 82.2 cm³/mol. The number of ether oxygens (including phenoxy) is 1. The van der Waals surface area contributed by atoms with Crippen molar-refractivity contribution in [1.82, 2.24) is 0 Å². The molecule has 1 atom stereocenters. The molecule has 0 aromatic heterocycles. The van der Waals surface area contributed by atoms with Gasteiger partial charge in [0.25, 0.3) is 0 Å². The highest BCUT2D eigenvalue weighted by Crippen LogP contribution is 2.23. The van der Waals surface area contributed by atoms with E-state index in [1.54, 1.807) is 25.1 Å². The second kappa shape index (κ2) is 7.64. The van der Waals surface area contributed by atoms with E-state index in [9.17, 15) is 12.6 Å². The molecule has 20 heavy (non-hydrogen) atoms. The van der Waals surface area contributed by atoms with Crippen molar-refractivity contribution < 1.29 is 17.4 Å². The maximum atomic E-state index is 12.2. The van der Waals surface area contributed by atoms with Crippen LogP contribution in [-0.4, -0.2) is 36.5 Å².